The average molecular weight is 596 g/mol. The predicted octanol–water partition coefficient (Wildman–Crippen LogP) is 7.78. The smallest absolute Gasteiger partial charge is 0.331 e. The molecule has 1 fully saturated rings. The standard InChI is InChI=1S/C37H41NO6/c1-6-36(3)31-19-17-26(34(40)33(38-44-24(2)39)21-25-13-9-7-10-14-25)22-29(31)30-23-27(18-20-32(30)36)35(41)37(42-4,43-5)28-15-11-8-12-16-28/h8,11-12,15-20,22-23,25H,6-7,9-10,13-14,21H2,1-5H3/b38-33+. The molecule has 0 saturated heterocycles. The molecule has 2 aliphatic rings. The third-order valence-corrected chi connectivity index (χ3v) is 9.53. The molecule has 0 radical (unpaired) electrons. The summed E-state index contributed by atoms with van der Waals surface area (Å²) in [5, 5.41) is 4.03. The van der Waals surface area contributed by atoms with Gasteiger partial charge in [0.1, 0.15) is 5.71 Å². The highest BCUT2D eigenvalue weighted by Crippen LogP contribution is 2.51. The zero-order valence-electron chi connectivity index (χ0n) is 26.3. The summed E-state index contributed by atoms with van der Waals surface area (Å²) in [5.41, 5.74) is 5.44. The fourth-order valence-electron chi connectivity index (χ4n) is 6.91. The van der Waals surface area contributed by atoms with E-state index in [1.165, 1.54) is 27.6 Å². The number of carbonyl (C=O) groups is 3. The Balaban J connectivity index is 1.56. The lowest BCUT2D eigenvalue weighted by Gasteiger charge is -2.30. The molecule has 0 aromatic heterocycles. The second-order valence-electron chi connectivity index (χ2n) is 12.1. The first kappa shape index (κ1) is 31.5. The van der Waals surface area contributed by atoms with Gasteiger partial charge in [0, 0.05) is 43.2 Å². The number of ketones is 2. The van der Waals surface area contributed by atoms with Crippen LogP contribution in [-0.4, -0.2) is 37.5 Å². The van der Waals surface area contributed by atoms with Crippen molar-refractivity contribution in [1.82, 2.24) is 0 Å². The van der Waals surface area contributed by atoms with Crippen molar-refractivity contribution in [3.8, 4) is 11.1 Å². The molecule has 1 saturated carbocycles. The molecular formula is C37H41NO6. The third-order valence-electron chi connectivity index (χ3n) is 9.53. The van der Waals surface area contributed by atoms with E-state index < -0.39 is 11.8 Å². The molecule has 0 heterocycles. The maximum Gasteiger partial charge on any atom is 0.331 e. The molecule has 3 aromatic rings. The Morgan fingerprint density at radius 1 is 0.864 bits per heavy atom. The van der Waals surface area contributed by atoms with Gasteiger partial charge in [0.15, 0.2) is 0 Å². The van der Waals surface area contributed by atoms with Crippen LogP contribution in [0.3, 0.4) is 0 Å². The molecule has 3 aromatic carbocycles. The lowest BCUT2D eigenvalue weighted by Crippen LogP contribution is -2.40. The Labute approximate surface area is 259 Å². The number of oxime groups is 1. The summed E-state index contributed by atoms with van der Waals surface area (Å²) in [6, 6.07) is 20.6. The highest BCUT2D eigenvalue weighted by atomic mass is 16.7. The number of ether oxygens (including phenoxy) is 2. The maximum absolute atomic E-state index is 14.1. The number of hydrogen-bond donors (Lipinski definition) is 0. The van der Waals surface area contributed by atoms with Gasteiger partial charge in [-0.3, -0.25) is 9.59 Å². The minimum absolute atomic E-state index is 0.250. The van der Waals surface area contributed by atoms with Crippen molar-refractivity contribution in [2.45, 2.75) is 76.9 Å². The van der Waals surface area contributed by atoms with Gasteiger partial charge >= 0.3 is 5.97 Å². The summed E-state index contributed by atoms with van der Waals surface area (Å²) in [4.78, 5) is 44.6. The SMILES string of the molecule is CCC1(C)c2ccc(C(=O)/C(CC3CCCCC3)=N/OC(C)=O)cc2-c2cc(C(=O)C(OC)(OC)c3ccccc3)ccc21. The van der Waals surface area contributed by atoms with Crippen molar-refractivity contribution >= 4 is 23.2 Å². The van der Waals surface area contributed by atoms with Gasteiger partial charge in [0.25, 0.3) is 5.79 Å². The number of carbonyl (C=O) groups excluding carboxylic acids is 3. The van der Waals surface area contributed by atoms with Crippen molar-refractivity contribution in [3.05, 3.63) is 94.5 Å². The first-order valence-corrected chi connectivity index (χ1v) is 15.5. The van der Waals surface area contributed by atoms with E-state index in [0.717, 1.165) is 54.4 Å². The van der Waals surface area contributed by atoms with Gasteiger partial charge in [-0.2, -0.15) is 0 Å². The second-order valence-corrected chi connectivity index (χ2v) is 12.1. The van der Waals surface area contributed by atoms with Crippen LogP contribution in [-0.2, 0) is 30.3 Å². The summed E-state index contributed by atoms with van der Waals surface area (Å²) in [6.07, 6.45) is 6.83. The molecule has 7 heteroatoms. The zero-order chi connectivity index (χ0) is 31.5. The quantitative estimate of drug-likeness (QED) is 0.0739. The first-order valence-electron chi connectivity index (χ1n) is 15.5. The number of Topliss-reactive ketones (excluding diaryl/α,β-unsaturated/α-hetero) is 2. The summed E-state index contributed by atoms with van der Waals surface area (Å²) in [5.74, 6) is -2.40. The van der Waals surface area contributed by atoms with Gasteiger partial charge in [0.2, 0.25) is 11.6 Å². The number of nitrogens with zero attached hydrogens (tertiary/aromatic N) is 1. The second kappa shape index (κ2) is 13.0. The molecule has 0 aliphatic heterocycles. The largest absolute Gasteiger partial charge is 0.343 e. The Hall–Kier alpha value is -3.94. The molecule has 2 aliphatic carbocycles. The molecule has 7 nitrogen and oxygen atoms in total. The Kier molecular flexibility index (Phi) is 9.28. The van der Waals surface area contributed by atoms with Crippen LogP contribution in [0.1, 0.15) is 103 Å². The van der Waals surface area contributed by atoms with Gasteiger partial charge < -0.3 is 14.3 Å². The fourth-order valence-corrected chi connectivity index (χ4v) is 6.91. The Morgan fingerprint density at radius 2 is 1.45 bits per heavy atom. The van der Waals surface area contributed by atoms with Gasteiger partial charge in [0.05, 0.1) is 0 Å². The molecule has 0 N–H and O–H groups in total. The molecule has 0 spiro atoms. The van der Waals surface area contributed by atoms with Gasteiger partial charge in [-0.1, -0.05) is 106 Å². The number of fused-ring (bicyclic) bond motifs is 3. The lowest BCUT2D eigenvalue weighted by atomic mass is 9.77. The van der Waals surface area contributed by atoms with E-state index in [-0.39, 0.29) is 22.7 Å². The minimum Gasteiger partial charge on any atom is -0.343 e. The predicted molar refractivity (Wildman–Crippen MR) is 170 cm³/mol. The van der Waals surface area contributed by atoms with Crippen molar-refractivity contribution in [1.29, 1.82) is 0 Å². The Bertz CT molecular complexity index is 1580. The van der Waals surface area contributed by atoms with E-state index in [1.807, 2.05) is 66.7 Å². The van der Waals surface area contributed by atoms with E-state index in [9.17, 15) is 14.4 Å². The highest BCUT2D eigenvalue weighted by Gasteiger charge is 2.43. The van der Waals surface area contributed by atoms with E-state index in [4.69, 9.17) is 14.3 Å². The van der Waals surface area contributed by atoms with Crippen molar-refractivity contribution in [3.63, 3.8) is 0 Å². The van der Waals surface area contributed by atoms with Crippen LogP contribution in [0.25, 0.3) is 11.1 Å². The molecule has 0 amide bonds. The topological polar surface area (TPSA) is 91.3 Å². The number of methoxy groups -OCH3 is 2. The third kappa shape index (κ3) is 5.66. The van der Waals surface area contributed by atoms with E-state index >= 15 is 0 Å². The molecular weight excluding hydrogens is 554 g/mol. The molecule has 230 valence electrons. The first-order chi connectivity index (χ1) is 21.2. The van der Waals surface area contributed by atoms with E-state index in [1.54, 1.807) is 0 Å². The van der Waals surface area contributed by atoms with Crippen LogP contribution in [0.15, 0.2) is 71.9 Å². The number of rotatable bonds is 11. The summed E-state index contributed by atoms with van der Waals surface area (Å²) >= 11 is 0. The van der Waals surface area contributed by atoms with Gasteiger partial charge in [-0.25, -0.2) is 4.79 Å². The number of hydrogen-bond acceptors (Lipinski definition) is 7. The minimum atomic E-state index is -1.61. The monoisotopic (exact) mass is 595 g/mol. The highest BCUT2D eigenvalue weighted by molar-refractivity contribution is 6.46. The van der Waals surface area contributed by atoms with E-state index in [0.29, 0.717) is 29.0 Å². The van der Waals surface area contributed by atoms with Crippen molar-refractivity contribution in [2.24, 2.45) is 11.1 Å². The van der Waals surface area contributed by atoms with Crippen molar-refractivity contribution in [2.75, 3.05) is 14.2 Å². The molecule has 1 unspecified atom stereocenters. The Morgan fingerprint density at radius 3 is 2.02 bits per heavy atom. The van der Waals surface area contributed by atoms with Gasteiger partial charge in [-0.15, -0.1) is 0 Å². The van der Waals surface area contributed by atoms with Crippen LogP contribution in [0.2, 0.25) is 0 Å². The molecule has 44 heavy (non-hydrogen) atoms. The number of benzene rings is 3. The molecule has 0 bridgehead atoms. The van der Waals surface area contributed by atoms with Gasteiger partial charge in [-0.05, 0) is 53.1 Å². The normalized spacial score (nSPS) is 18.4. The van der Waals surface area contributed by atoms with Crippen LogP contribution in [0.5, 0.6) is 0 Å². The van der Waals surface area contributed by atoms with Crippen LogP contribution >= 0.6 is 0 Å². The molecule has 1 atom stereocenters. The summed E-state index contributed by atoms with van der Waals surface area (Å²) < 4.78 is 11.5. The summed E-state index contributed by atoms with van der Waals surface area (Å²) in [6.45, 7) is 5.61. The van der Waals surface area contributed by atoms with E-state index in [2.05, 4.69) is 19.0 Å². The van der Waals surface area contributed by atoms with Crippen LogP contribution in [0.4, 0.5) is 0 Å². The van der Waals surface area contributed by atoms with Crippen molar-refractivity contribution < 1.29 is 28.7 Å². The van der Waals surface area contributed by atoms with Crippen LogP contribution < -0.4 is 0 Å². The average Bonchev–Trinajstić information content (AvgIpc) is 3.31. The fraction of sp³-hybridized carbons (Fsp3) is 0.405. The lowest BCUT2D eigenvalue weighted by molar-refractivity contribution is -0.176. The summed E-state index contributed by atoms with van der Waals surface area (Å²) in [7, 11) is 2.93. The maximum atomic E-state index is 14.1. The van der Waals surface area contributed by atoms with Crippen LogP contribution in [0, 0.1) is 5.92 Å². The zero-order valence-corrected chi connectivity index (χ0v) is 26.3. The molecule has 5 rings (SSSR count).